The molecule has 0 saturated heterocycles. The summed E-state index contributed by atoms with van der Waals surface area (Å²) in [4.78, 5) is 2.25. The minimum Gasteiger partial charge on any atom is -0.384 e. The molecule has 0 bridgehead atoms. The van der Waals surface area contributed by atoms with E-state index in [0.717, 1.165) is 33.3 Å². The maximum Gasteiger partial charge on any atom is 0.125 e. The predicted octanol–water partition coefficient (Wildman–Crippen LogP) is 3.58. The van der Waals surface area contributed by atoms with Crippen molar-refractivity contribution in [3.05, 3.63) is 23.8 Å². The van der Waals surface area contributed by atoms with Crippen molar-refractivity contribution in [2.24, 2.45) is 5.73 Å². The second-order valence-corrected chi connectivity index (χ2v) is 5.77. The Bertz CT molecular complexity index is 364. The van der Waals surface area contributed by atoms with Crippen molar-refractivity contribution in [3.8, 4) is 0 Å². The fraction of sp³-hybridized carbons (Fsp3) is 0.417. The zero-order valence-corrected chi connectivity index (χ0v) is 11.4. The summed E-state index contributed by atoms with van der Waals surface area (Å²) in [5, 5.41) is 7.68. The molecule has 1 aromatic carbocycles. The Labute approximate surface area is 106 Å². The second-order valence-electron chi connectivity index (χ2n) is 3.32. The van der Waals surface area contributed by atoms with Gasteiger partial charge in [-0.1, -0.05) is 19.9 Å². The first-order valence-electron chi connectivity index (χ1n) is 5.43. The van der Waals surface area contributed by atoms with Crippen LogP contribution in [0.25, 0.3) is 0 Å². The first-order chi connectivity index (χ1) is 7.70. The molecule has 0 unspecified atom stereocenters. The maximum absolute atomic E-state index is 7.68. The van der Waals surface area contributed by atoms with Crippen LogP contribution in [0.2, 0.25) is 0 Å². The van der Waals surface area contributed by atoms with E-state index in [4.69, 9.17) is 11.1 Å². The minimum absolute atomic E-state index is 0.176. The average Bonchev–Trinajstić information content (AvgIpc) is 2.26. The summed E-state index contributed by atoms with van der Waals surface area (Å²) in [6, 6.07) is 6.14. The van der Waals surface area contributed by atoms with E-state index in [0.29, 0.717) is 0 Å². The number of thioether (sulfide) groups is 2. The molecule has 1 rings (SSSR count). The molecule has 0 aliphatic rings. The Morgan fingerprint density at radius 1 is 1.25 bits per heavy atom. The van der Waals surface area contributed by atoms with Crippen LogP contribution in [0.15, 0.2) is 28.0 Å². The van der Waals surface area contributed by atoms with Gasteiger partial charge in [0.15, 0.2) is 0 Å². The van der Waals surface area contributed by atoms with Gasteiger partial charge in [-0.3, -0.25) is 5.41 Å². The standard InChI is InChI=1S/C12H18N2S2/c1-3-8-16-10-7-5-6-9(15-4-2)11(10)12(13)14/h5-7H,3-4,8H2,1-2H3,(H3,13,14). The highest BCUT2D eigenvalue weighted by molar-refractivity contribution is 8.00. The monoisotopic (exact) mass is 254 g/mol. The van der Waals surface area contributed by atoms with E-state index in [1.54, 1.807) is 23.5 Å². The Kier molecular flexibility index (Phi) is 5.77. The van der Waals surface area contributed by atoms with Gasteiger partial charge in [-0.15, -0.1) is 23.5 Å². The molecular formula is C12H18N2S2. The van der Waals surface area contributed by atoms with Crippen LogP contribution in [0.1, 0.15) is 25.8 Å². The van der Waals surface area contributed by atoms with Crippen LogP contribution in [-0.2, 0) is 0 Å². The van der Waals surface area contributed by atoms with Crippen molar-refractivity contribution in [2.75, 3.05) is 11.5 Å². The normalized spacial score (nSPS) is 10.4. The lowest BCUT2D eigenvalue weighted by atomic mass is 10.2. The summed E-state index contributed by atoms with van der Waals surface area (Å²) in [7, 11) is 0. The molecule has 0 aliphatic carbocycles. The lowest BCUT2D eigenvalue weighted by molar-refractivity contribution is 1.10. The highest BCUT2D eigenvalue weighted by Gasteiger charge is 2.11. The topological polar surface area (TPSA) is 49.9 Å². The van der Waals surface area contributed by atoms with Crippen LogP contribution in [0, 0.1) is 5.41 Å². The molecule has 88 valence electrons. The van der Waals surface area contributed by atoms with Crippen LogP contribution >= 0.6 is 23.5 Å². The van der Waals surface area contributed by atoms with Crippen molar-refractivity contribution in [2.45, 2.75) is 30.1 Å². The molecule has 0 saturated carbocycles. The summed E-state index contributed by atoms with van der Waals surface area (Å²) in [6.07, 6.45) is 1.13. The Morgan fingerprint density at radius 3 is 2.38 bits per heavy atom. The van der Waals surface area contributed by atoms with Crippen LogP contribution in [0.4, 0.5) is 0 Å². The number of nitrogens with one attached hydrogen (secondary N) is 1. The molecule has 0 spiro atoms. The molecule has 0 amide bonds. The van der Waals surface area contributed by atoms with E-state index in [1.165, 1.54) is 0 Å². The van der Waals surface area contributed by atoms with Gasteiger partial charge in [-0.05, 0) is 30.1 Å². The van der Waals surface area contributed by atoms with Gasteiger partial charge in [-0.2, -0.15) is 0 Å². The van der Waals surface area contributed by atoms with E-state index in [2.05, 4.69) is 19.9 Å². The first-order valence-corrected chi connectivity index (χ1v) is 7.40. The van der Waals surface area contributed by atoms with Gasteiger partial charge in [0.25, 0.3) is 0 Å². The number of hydrogen-bond acceptors (Lipinski definition) is 3. The number of benzene rings is 1. The van der Waals surface area contributed by atoms with E-state index in [-0.39, 0.29) is 5.84 Å². The van der Waals surface area contributed by atoms with E-state index in [1.807, 2.05) is 12.1 Å². The lowest BCUT2D eigenvalue weighted by Crippen LogP contribution is -2.13. The number of nitrogens with two attached hydrogens (primary N) is 1. The fourth-order valence-electron chi connectivity index (χ4n) is 1.38. The Morgan fingerprint density at radius 2 is 1.88 bits per heavy atom. The molecule has 1 aromatic rings. The maximum atomic E-state index is 7.68. The number of nitrogen functional groups attached to an aromatic ring is 1. The van der Waals surface area contributed by atoms with E-state index < -0.39 is 0 Å². The zero-order chi connectivity index (χ0) is 12.0. The van der Waals surface area contributed by atoms with Crippen LogP contribution in [0.3, 0.4) is 0 Å². The average molecular weight is 254 g/mol. The highest BCUT2D eigenvalue weighted by atomic mass is 32.2. The third-order valence-electron chi connectivity index (χ3n) is 2.02. The molecule has 16 heavy (non-hydrogen) atoms. The third kappa shape index (κ3) is 3.46. The van der Waals surface area contributed by atoms with Gasteiger partial charge >= 0.3 is 0 Å². The second kappa shape index (κ2) is 6.86. The summed E-state index contributed by atoms with van der Waals surface area (Å²) in [5.41, 5.74) is 6.58. The fourth-order valence-corrected chi connectivity index (χ4v) is 3.26. The van der Waals surface area contributed by atoms with Crippen molar-refractivity contribution in [3.63, 3.8) is 0 Å². The molecular weight excluding hydrogens is 236 g/mol. The molecule has 0 aromatic heterocycles. The van der Waals surface area contributed by atoms with Gasteiger partial charge in [0, 0.05) is 15.4 Å². The SMILES string of the molecule is CCCSc1cccc(SCC)c1C(=N)N. The van der Waals surface area contributed by atoms with E-state index >= 15 is 0 Å². The third-order valence-corrected chi connectivity index (χ3v) is 4.22. The molecule has 0 radical (unpaired) electrons. The summed E-state index contributed by atoms with van der Waals surface area (Å²) >= 11 is 3.52. The van der Waals surface area contributed by atoms with Gasteiger partial charge in [-0.25, -0.2) is 0 Å². The largest absolute Gasteiger partial charge is 0.384 e. The molecule has 4 heteroatoms. The number of hydrogen-bond donors (Lipinski definition) is 2. The quantitative estimate of drug-likeness (QED) is 0.463. The van der Waals surface area contributed by atoms with Gasteiger partial charge < -0.3 is 5.73 Å². The molecule has 0 fully saturated rings. The predicted molar refractivity (Wildman–Crippen MR) is 74.9 cm³/mol. The van der Waals surface area contributed by atoms with Gasteiger partial charge in [0.05, 0.1) is 0 Å². The van der Waals surface area contributed by atoms with Gasteiger partial charge in [0.1, 0.15) is 5.84 Å². The smallest absolute Gasteiger partial charge is 0.125 e. The lowest BCUT2D eigenvalue weighted by Gasteiger charge is -2.12. The van der Waals surface area contributed by atoms with Crippen molar-refractivity contribution in [1.82, 2.24) is 0 Å². The summed E-state index contributed by atoms with van der Waals surface area (Å²) in [6.45, 7) is 4.27. The van der Waals surface area contributed by atoms with Gasteiger partial charge in [0.2, 0.25) is 0 Å². The van der Waals surface area contributed by atoms with Crippen molar-refractivity contribution in [1.29, 1.82) is 5.41 Å². The molecule has 0 heterocycles. The highest BCUT2D eigenvalue weighted by Crippen LogP contribution is 2.31. The Hall–Kier alpha value is -0.610. The van der Waals surface area contributed by atoms with Crippen LogP contribution in [0.5, 0.6) is 0 Å². The van der Waals surface area contributed by atoms with Crippen molar-refractivity contribution >= 4 is 29.4 Å². The molecule has 2 nitrogen and oxygen atoms in total. The van der Waals surface area contributed by atoms with Crippen LogP contribution in [-0.4, -0.2) is 17.3 Å². The molecule has 0 atom stereocenters. The van der Waals surface area contributed by atoms with E-state index in [9.17, 15) is 0 Å². The van der Waals surface area contributed by atoms with Crippen molar-refractivity contribution < 1.29 is 0 Å². The van der Waals surface area contributed by atoms with Crippen LogP contribution < -0.4 is 5.73 Å². The summed E-state index contributed by atoms with van der Waals surface area (Å²) < 4.78 is 0. The summed E-state index contributed by atoms with van der Waals surface area (Å²) in [5.74, 6) is 2.25. The molecule has 0 aliphatic heterocycles. The number of amidine groups is 1. The number of rotatable bonds is 6. The molecule has 3 N–H and O–H groups in total. The Balaban J connectivity index is 3.05. The zero-order valence-electron chi connectivity index (χ0n) is 9.75. The first kappa shape index (κ1) is 13.5. The minimum atomic E-state index is 0.176.